The van der Waals surface area contributed by atoms with Crippen LogP contribution in [0.5, 0.6) is 0 Å². The Morgan fingerprint density at radius 3 is 2.79 bits per heavy atom. The molecule has 2 N–H and O–H groups in total. The van der Waals surface area contributed by atoms with Crippen molar-refractivity contribution in [3.05, 3.63) is 11.6 Å². The molecule has 104 valence electrons. The number of carbonyl (C=O) groups excluding carboxylic acids is 1. The average molecular weight is 266 g/mol. The highest BCUT2D eigenvalue weighted by atomic mass is 16.4. The fraction of sp³-hybridized carbons (Fsp3) is 0.667. The van der Waals surface area contributed by atoms with E-state index in [4.69, 9.17) is 5.11 Å². The van der Waals surface area contributed by atoms with Crippen LogP contribution >= 0.6 is 0 Å². The number of piperidine rings is 1. The minimum absolute atomic E-state index is 0.120. The van der Waals surface area contributed by atoms with Crippen molar-refractivity contribution in [1.82, 2.24) is 20.1 Å². The van der Waals surface area contributed by atoms with Crippen LogP contribution in [0.15, 0.2) is 0 Å². The van der Waals surface area contributed by atoms with Crippen molar-refractivity contribution in [2.24, 2.45) is 5.92 Å². The number of nitrogens with zero attached hydrogens (tertiary/aromatic N) is 3. The maximum absolute atomic E-state index is 12.2. The second-order valence-corrected chi connectivity index (χ2v) is 5.13. The summed E-state index contributed by atoms with van der Waals surface area (Å²) >= 11 is 0. The number of hydrogen-bond donors (Lipinski definition) is 2. The van der Waals surface area contributed by atoms with Gasteiger partial charge in [0.2, 0.25) is 5.82 Å². The summed E-state index contributed by atoms with van der Waals surface area (Å²) in [6.45, 7) is 4.71. The molecule has 1 fully saturated rings. The maximum Gasteiger partial charge on any atom is 0.308 e. The van der Waals surface area contributed by atoms with Crippen molar-refractivity contribution >= 4 is 11.9 Å². The summed E-state index contributed by atoms with van der Waals surface area (Å²) < 4.78 is 0. The normalized spacial score (nSPS) is 19.7. The molecule has 19 heavy (non-hydrogen) atoms. The van der Waals surface area contributed by atoms with Gasteiger partial charge in [-0.3, -0.25) is 14.7 Å². The highest BCUT2D eigenvalue weighted by molar-refractivity contribution is 5.90. The third-order valence-corrected chi connectivity index (χ3v) is 3.30. The van der Waals surface area contributed by atoms with Crippen molar-refractivity contribution in [1.29, 1.82) is 0 Å². The van der Waals surface area contributed by atoms with E-state index in [1.165, 1.54) is 4.90 Å². The van der Waals surface area contributed by atoms with E-state index < -0.39 is 11.9 Å². The van der Waals surface area contributed by atoms with Crippen LogP contribution in [0.3, 0.4) is 0 Å². The lowest BCUT2D eigenvalue weighted by Gasteiger charge is -2.29. The number of aromatic nitrogens is 3. The lowest BCUT2D eigenvalue weighted by molar-refractivity contribution is -0.143. The molecule has 0 spiro atoms. The SMILES string of the molecule is CC(C)c1nc(C(=O)N2CCCC(C(=O)O)C2)n[nH]1. The fourth-order valence-corrected chi connectivity index (χ4v) is 2.13. The number of carboxylic acids is 1. The first kappa shape index (κ1) is 13.5. The van der Waals surface area contributed by atoms with Gasteiger partial charge in [0.15, 0.2) is 0 Å². The number of H-pyrrole nitrogens is 1. The zero-order chi connectivity index (χ0) is 14.0. The van der Waals surface area contributed by atoms with Gasteiger partial charge in [-0.2, -0.15) is 0 Å². The van der Waals surface area contributed by atoms with E-state index in [9.17, 15) is 9.59 Å². The summed E-state index contributed by atoms with van der Waals surface area (Å²) in [7, 11) is 0. The topological polar surface area (TPSA) is 99.2 Å². The molecule has 1 aromatic heterocycles. The standard InChI is InChI=1S/C12H18N4O3/c1-7(2)9-13-10(15-14-9)11(17)16-5-3-4-8(6-16)12(18)19/h7-8H,3-6H2,1-2H3,(H,18,19)(H,13,14,15). The second kappa shape index (κ2) is 5.38. The minimum atomic E-state index is -0.852. The van der Waals surface area contributed by atoms with Crippen molar-refractivity contribution in [3.63, 3.8) is 0 Å². The Balaban J connectivity index is 2.08. The largest absolute Gasteiger partial charge is 0.481 e. The van der Waals surface area contributed by atoms with Crippen molar-refractivity contribution in [3.8, 4) is 0 Å². The summed E-state index contributed by atoms with van der Waals surface area (Å²) in [5, 5.41) is 15.7. The Bertz CT molecular complexity index is 483. The molecule has 0 aliphatic carbocycles. The predicted molar refractivity (Wildman–Crippen MR) is 66.7 cm³/mol. The van der Waals surface area contributed by atoms with E-state index in [1.54, 1.807) is 0 Å². The maximum atomic E-state index is 12.2. The molecule has 1 aromatic rings. The molecular formula is C12H18N4O3. The van der Waals surface area contributed by atoms with Gasteiger partial charge >= 0.3 is 5.97 Å². The summed E-state index contributed by atoms with van der Waals surface area (Å²) in [5.74, 6) is -0.683. The minimum Gasteiger partial charge on any atom is -0.481 e. The smallest absolute Gasteiger partial charge is 0.308 e. The molecule has 1 amide bonds. The highest BCUT2D eigenvalue weighted by Gasteiger charge is 2.30. The summed E-state index contributed by atoms with van der Waals surface area (Å²) in [6, 6.07) is 0. The second-order valence-electron chi connectivity index (χ2n) is 5.13. The van der Waals surface area contributed by atoms with Gasteiger partial charge in [-0.25, -0.2) is 4.98 Å². The summed E-state index contributed by atoms with van der Waals surface area (Å²) in [5.41, 5.74) is 0. The molecule has 0 bridgehead atoms. The zero-order valence-corrected chi connectivity index (χ0v) is 11.1. The fourth-order valence-electron chi connectivity index (χ4n) is 2.13. The van der Waals surface area contributed by atoms with E-state index in [2.05, 4.69) is 15.2 Å². The monoisotopic (exact) mass is 266 g/mol. The van der Waals surface area contributed by atoms with E-state index in [-0.39, 0.29) is 24.2 Å². The first-order chi connectivity index (χ1) is 8.99. The van der Waals surface area contributed by atoms with Gasteiger partial charge in [-0.1, -0.05) is 13.8 Å². The van der Waals surface area contributed by atoms with Crippen LogP contribution in [0.25, 0.3) is 0 Å². The van der Waals surface area contributed by atoms with Gasteiger partial charge in [0.1, 0.15) is 5.82 Å². The van der Waals surface area contributed by atoms with Crippen LogP contribution in [0.2, 0.25) is 0 Å². The number of aromatic amines is 1. The van der Waals surface area contributed by atoms with Gasteiger partial charge in [0, 0.05) is 19.0 Å². The van der Waals surface area contributed by atoms with Crippen LogP contribution in [0, 0.1) is 5.92 Å². The van der Waals surface area contributed by atoms with E-state index in [0.717, 1.165) is 0 Å². The number of amides is 1. The lowest BCUT2D eigenvalue weighted by Crippen LogP contribution is -2.42. The predicted octanol–water partition coefficient (Wildman–Crippen LogP) is 0.865. The highest BCUT2D eigenvalue weighted by Crippen LogP contribution is 2.18. The van der Waals surface area contributed by atoms with Crippen molar-refractivity contribution < 1.29 is 14.7 Å². The number of likely N-dealkylation sites (tertiary alicyclic amines) is 1. The van der Waals surface area contributed by atoms with Crippen LogP contribution in [0.1, 0.15) is 49.1 Å². The number of nitrogens with one attached hydrogen (secondary N) is 1. The molecule has 1 saturated heterocycles. The lowest BCUT2D eigenvalue weighted by atomic mass is 9.98. The Labute approximate surface area is 111 Å². The molecule has 1 aliphatic rings. The van der Waals surface area contributed by atoms with E-state index >= 15 is 0 Å². The van der Waals surface area contributed by atoms with Gasteiger partial charge < -0.3 is 10.0 Å². The number of carbonyl (C=O) groups is 2. The Kier molecular flexibility index (Phi) is 3.82. The number of rotatable bonds is 3. The molecule has 0 saturated carbocycles. The van der Waals surface area contributed by atoms with E-state index in [1.807, 2.05) is 13.8 Å². The summed E-state index contributed by atoms with van der Waals surface area (Å²) in [4.78, 5) is 28.8. The third-order valence-electron chi connectivity index (χ3n) is 3.30. The molecule has 2 rings (SSSR count). The Hall–Kier alpha value is -1.92. The first-order valence-electron chi connectivity index (χ1n) is 6.43. The molecule has 2 heterocycles. The molecule has 0 aromatic carbocycles. The molecule has 7 nitrogen and oxygen atoms in total. The zero-order valence-electron chi connectivity index (χ0n) is 11.1. The van der Waals surface area contributed by atoms with Gasteiger partial charge in [0.05, 0.1) is 5.92 Å². The average Bonchev–Trinajstić information content (AvgIpc) is 2.87. The van der Waals surface area contributed by atoms with E-state index in [0.29, 0.717) is 25.2 Å². The van der Waals surface area contributed by atoms with Crippen LogP contribution in [-0.4, -0.2) is 50.2 Å². The first-order valence-corrected chi connectivity index (χ1v) is 6.43. The molecular weight excluding hydrogens is 248 g/mol. The molecule has 0 radical (unpaired) electrons. The molecule has 1 atom stereocenters. The van der Waals surface area contributed by atoms with Crippen LogP contribution < -0.4 is 0 Å². The van der Waals surface area contributed by atoms with Gasteiger partial charge in [0.25, 0.3) is 5.91 Å². The van der Waals surface area contributed by atoms with Crippen molar-refractivity contribution in [2.75, 3.05) is 13.1 Å². The van der Waals surface area contributed by atoms with Crippen LogP contribution in [-0.2, 0) is 4.79 Å². The van der Waals surface area contributed by atoms with Crippen LogP contribution in [0.4, 0.5) is 0 Å². The number of hydrogen-bond acceptors (Lipinski definition) is 4. The quantitative estimate of drug-likeness (QED) is 0.845. The van der Waals surface area contributed by atoms with Crippen molar-refractivity contribution in [2.45, 2.75) is 32.6 Å². The van der Waals surface area contributed by atoms with Gasteiger partial charge in [-0.15, -0.1) is 5.10 Å². The number of aliphatic carboxylic acids is 1. The Morgan fingerprint density at radius 2 is 2.21 bits per heavy atom. The van der Waals surface area contributed by atoms with Gasteiger partial charge in [-0.05, 0) is 12.8 Å². The molecule has 1 unspecified atom stereocenters. The molecule has 1 aliphatic heterocycles. The number of carboxylic acid groups (broad SMARTS) is 1. The Morgan fingerprint density at radius 1 is 1.47 bits per heavy atom. The third kappa shape index (κ3) is 2.91. The molecule has 7 heteroatoms. The summed E-state index contributed by atoms with van der Waals surface area (Å²) in [6.07, 6.45) is 1.31.